The van der Waals surface area contributed by atoms with Crippen molar-refractivity contribution >= 4 is 29.8 Å². The van der Waals surface area contributed by atoms with Crippen molar-refractivity contribution in [2.75, 3.05) is 32.9 Å². The minimum absolute atomic E-state index is 0.00201. The Balaban J connectivity index is 1.38. The number of hydrogen-bond acceptors (Lipinski definition) is 6. The van der Waals surface area contributed by atoms with Crippen LogP contribution in [0.15, 0.2) is 59.7 Å². The molecule has 1 aliphatic rings. The van der Waals surface area contributed by atoms with E-state index in [1.54, 1.807) is 35.0 Å². The Morgan fingerprint density at radius 3 is 2.58 bits per heavy atom. The van der Waals surface area contributed by atoms with Crippen LogP contribution >= 0.6 is 11.8 Å². The molecule has 1 fully saturated rings. The minimum atomic E-state index is -0.211. The molecule has 0 radical (unpaired) electrons. The number of hydrazone groups is 1. The molecule has 1 saturated heterocycles. The van der Waals surface area contributed by atoms with Gasteiger partial charge >= 0.3 is 0 Å². The highest BCUT2D eigenvalue weighted by atomic mass is 32.2. The van der Waals surface area contributed by atoms with Crippen LogP contribution in [0, 0.1) is 0 Å². The number of benzene rings is 2. The maximum Gasteiger partial charge on any atom is 0.260 e. The van der Waals surface area contributed by atoms with Crippen molar-refractivity contribution in [3.8, 4) is 5.75 Å². The van der Waals surface area contributed by atoms with E-state index >= 15 is 0 Å². The number of carbonyl (C=O) groups excluding carboxylic acids is 2. The quantitative estimate of drug-likeness (QED) is 0.478. The summed E-state index contributed by atoms with van der Waals surface area (Å²) in [4.78, 5) is 26.0. The number of amides is 2. The summed E-state index contributed by atoms with van der Waals surface area (Å²) in [5, 5.41) is 3.82. The lowest BCUT2D eigenvalue weighted by Crippen LogP contribution is -2.42. The summed E-state index contributed by atoms with van der Waals surface area (Å²) in [6.45, 7) is 4.21. The van der Waals surface area contributed by atoms with Gasteiger partial charge in [-0.05, 0) is 42.3 Å². The van der Waals surface area contributed by atoms with Crippen molar-refractivity contribution in [3.63, 3.8) is 0 Å². The van der Waals surface area contributed by atoms with Gasteiger partial charge < -0.3 is 14.4 Å². The highest BCUT2D eigenvalue weighted by molar-refractivity contribution is 7.99. The number of nitrogens with one attached hydrogen (secondary N) is 1. The molecular formula is C23H27N3O4S. The number of ether oxygens (including phenoxy) is 2. The second-order valence-electron chi connectivity index (χ2n) is 7.02. The van der Waals surface area contributed by atoms with Crippen LogP contribution < -0.4 is 10.2 Å². The third-order valence-electron chi connectivity index (χ3n) is 4.71. The smallest absolute Gasteiger partial charge is 0.260 e. The Morgan fingerprint density at radius 2 is 1.87 bits per heavy atom. The van der Waals surface area contributed by atoms with E-state index < -0.39 is 0 Å². The Kier molecular flexibility index (Phi) is 8.93. The van der Waals surface area contributed by atoms with E-state index in [0.717, 1.165) is 11.3 Å². The molecule has 1 N–H and O–H groups in total. The van der Waals surface area contributed by atoms with Gasteiger partial charge in [0.2, 0.25) is 0 Å². The summed E-state index contributed by atoms with van der Waals surface area (Å²) >= 11 is 1.56. The van der Waals surface area contributed by atoms with Crippen molar-refractivity contribution in [2.45, 2.75) is 17.9 Å². The predicted octanol–water partition coefficient (Wildman–Crippen LogP) is 2.70. The summed E-state index contributed by atoms with van der Waals surface area (Å²) in [5.41, 5.74) is 4.58. The number of rotatable bonds is 9. The minimum Gasteiger partial charge on any atom is -0.484 e. The Labute approximate surface area is 186 Å². The number of nitrogens with zero attached hydrogens (tertiary/aromatic N) is 2. The normalized spacial score (nSPS) is 14.9. The van der Waals surface area contributed by atoms with Crippen molar-refractivity contribution in [1.29, 1.82) is 0 Å². The molecule has 0 bridgehead atoms. The lowest BCUT2D eigenvalue weighted by molar-refractivity contribution is -0.137. The van der Waals surface area contributed by atoms with Crippen LogP contribution in [-0.4, -0.2) is 61.1 Å². The average molecular weight is 442 g/mol. The molecule has 31 heavy (non-hydrogen) atoms. The molecular weight excluding hydrogens is 414 g/mol. The molecule has 2 amide bonds. The van der Waals surface area contributed by atoms with Gasteiger partial charge in [-0.15, -0.1) is 11.8 Å². The molecule has 0 unspecified atom stereocenters. The van der Waals surface area contributed by atoms with Crippen LogP contribution in [0.1, 0.15) is 18.1 Å². The fourth-order valence-electron chi connectivity index (χ4n) is 2.83. The second kappa shape index (κ2) is 12.1. The van der Waals surface area contributed by atoms with Gasteiger partial charge in [-0.1, -0.05) is 30.3 Å². The second-order valence-corrected chi connectivity index (χ2v) is 8.35. The Hall–Kier alpha value is -2.84. The molecule has 0 spiro atoms. The maximum atomic E-state index is 12.2. The van der Waals surface area contributed by atoms with Gasteiger partial charge in [0.05, 0.1) is 24.7 Å². The molecule has 0 aromatic heterocycles. The molecule has 1 atom stereocenters. The fourth-order valence-corrected chi connectivity index (χ4v) is 3.67. The first-order valence-electron chi connectivity index (χ1n) is 10.2. The zero-order valence-corrected chi connectivity index (χ0v) is 18.3. The van der Waals surface area contributed by atoms with Crippen LogP contribution in [0.3, 0.4) is 0 Å². The summed E-state index contributed by atoms with van der Waals surface area (Å²) in [5.74, 6) is 1.19. The van der Waals surface area contributed by atoms with Gasteiger partial charge in [0.1, 0.15) is 5.75 Å². The Morgan fingerprint density at radius 1 is 1.16 bits per heavy atom. The van der Waals surface area contributed by atoms with Gasteiger partial charge in [0.15, 0.2) is 6.61 Å². The largest absolute Gasteiger partial charge is 0.484 e. The fraction of sp³-hybridized carbons (Fsp3) is 0.348. The summed E-state index contributed by atoms with van der Waals surface area (Å²) in [7, 11) is 0. The maximum absolute atomic E-state index is 12.2. The topological polar surface area (TPSA) is 80.2 Å². The molecule has 7 nitrogen and oxygen atoms in total. The van der Waals surface area contributed by atoms with E-state index in [2.05, 4.69) is 10.5 Å². The number of carbonyl (C=O) groups is 2. The van der Waals surface area contributed by atoms with Crippen LogP contribution in [0.4, 0.5) is 0 Å². The van der Waals surface area contributed by atoms with Gasteiger partial charge in [0.25, 0.3) is 11.8 Å². The van der Waals surface area contributed by atoms with E-state index in [1.807, 2.05) is 49.4 Å². The SMILES string of the molecule is C[C@H](SCc1ccccc1)C(=O)N/N=C\c1ccc(OCC(=O)N2CCOCC2)cc1. The van der Waals surface area contributed by atoms with Gasteiger partial charge in [-0.2, -0.15) is 5.10 Å². The van der Waals surface area contributed by atoms with Crippen LogP contribution in [0.2, 0.25) is 0 Å². The van der Waals surface area contributed by atoms with E-state index in [4.69, 9.17) is 9.47 Å². The zero-order valence-electron chi connectivity index (χ0n) is 17.5. The van der Waals surface area contributed by atoms with E-state index in [-0.39, 0.29) is 23.7 Å². The van der Waals surface area contributed by atoms with E-state index in [9.17, 15) is 9.59 Å². The molecule has 164 valence electrons. The molecule has 1 heterocycles. The lowest BCUT2D eigenvalue weighted by Gasteiger charge is -2.26. The highest BCUT2D eigenvalue weighted by Crippen LogP contribution is 2.17. The van der Waals surface area contributed by atoms with Crippen molar-refractivity contribution < 1.29 is 19.1 Å². The monoisotopic (exact) mass is 441 g/mol. The molecule has 0 saturated carbocycles. The van der Waals surface area contributed by atoms with E-state index in [1.165, 1.54) is 5.56 Å². The first kappa shape index (κ1) is 22.8. The molecule has 2 aromatic rings. The van der Waals surface area contributed by atoms with Crippen molar-refractivity contribution in [3.05, 3.63) is 65.7 Å². The predicted molar refractivity (Wildman–Crippen MR) is 122 cm³/mol. The standard InChI is InChI=1S/C23H27N3O4S/c1-18(31-17-20-5-3-2-4-6-20)23(28)25-24-15-19-7-9-21(10-8-19)30-16-22(27)26-11-13-29-14-12-26/h2-10,15,18H,11-14,16-17H2,1H3,(H,25,28)/b24-15-/t18-/m0/s1. The highest BCUT2D eigenvalue weighted by Gasteiger charge is 2.17. The van der Waals surface area contributed by atoms with Crippen molar-refractivity contribution in [1.82, 2.24) is 10.3 Å². The third kappa shape index (κ3) is 7.73. The molecule has 0 aliphatic carbocycles. The molecule has 1 aliphatic heterocycles. The summed E-state index contributed by atoms with van der Waals surface area (Å²) in [6, 6.07) is 17.2. The number of hydrogen-bond donors (Lipinski definition) is 1. The van der Waals surface area contributed by atoms with Crippen LogP contribution in [0.25, 0.3) is 0 Å². The molecule has 3 rings (SSSR count). The van der Waals surface area contributed by atoms with Gasteiger partial charge in [-0.3, -0.25) is 9.59 Å². The molecule has 2 aromatic carbocycles. The first-order valence-corrected chi connectivity index (χ1v) is 11.2. The zero-order chi connectivity index (χ0) is 21.9. The lowest BCUT2D eigenvalue weighted by atomic mass is 10.2. The average Bonchev–Trinajstić information content (AvgIpc) is 2.83. The summed E-state index contributed by atoms with van der Waals surface area (Å²) < 4.78 is 10.8. The number of thioether (sulfide) groups is 1. The first-order chi connectivity index (χ1) is 15.1. The Bertz CT molecular complexity index is 868. The molecule has 8 heteroatoms. The number of morpholine rings is 1. The van der Waals surface area contributed by atoms with Crippen molar-refractivity contribution in [2.24, 2.45) is 5.10 Å². The van der Waals surface area contributed by atoms with E-state index in [0.29, 0.717) is 32.1 Å². The van der Waals surface area contributed by atoms with Crippen LogP contribution in [0.5, 0.6) is 5.75 Å². The van der Waals surface area contributed by atoms with Gasteiger partial charge in [-0.25, -0.2) is 5.43 Å². The van der Waals surface area contributed by atoms with Gasteiger partial charge in [0, 0.05) is 18.8 Å². The third-order valence-corrected chi connectivity index (χ3v) is 5.92. The van der Waals surface area contributed by atoms with Crippen LogP contribution in [-0.2, 0) is 20.1 Å². The summed E-state index contributed by atoms with van der Waals surface area (Å²) in [6.07, 6.45) is 1.58.